The molecule has 0 atom stereocenters. The number of halogens is 1. The molecule has 2 aliphatic heterocycles. The average molecular weight is 472 g/mol. The van der Waals surface area contributed by atoms with Crippen LogP contribution in [0.3, 0.4) is 0 Å². The van der Waals surface area contributed by atoms with Crippen LogP contribution in [-0.4, -0.2) is 64.0 Å². The number of aromatic nitrogens is 4. The van der Waals surface area contributed by atoms with Gasteiger partial charge in [0, 0.05) is 38.3 Å². The summed E-state index contributed by atoms with van der Waals surface area (Å²) in [7, 11) is 3.64. The minimum absolute atomic E-state index is 0. The Hall–Kier alpha value is -2.58. The molecule has 0 amide bonds. The molecular weight excluding hydrogens is 438 g/mol. The Kier molecular flexibility index (Phi) is 7.55. The normalized spacial score (nSPS) is 17.7. The van der Waals surface area contributed by atoms with E-state index in [1.165, 1.54) is 45.2 Å². The second-order valence-corrected chi connectivity index (χ2v) is 8.86. The quantitative estimate of drug-likeness (QED) is 0.585. The van der Waals surface area contributed by atoms with E-state index in [0.29, 0.717) is 12.6 Å². The largest absolute Gasteiger partial charge is 0.496 e. The van der Waals surface area contributed by atoms with Crippen LogP contribution in [0, 0.1) is 0 Å². The number of ether oxygens (including phenoxy) is 1. The van der Waals surface area contributed by atoms with E-state index < -0.39 is 0 Å². The molecule has 5 rings (SSSR count). The number of fused-ring (bicyclic) bond motifs is 1. The first-order valence-electron chi connectivity index (χ1n) is 11.8. The summed E-state index contributed by atoms with van der Waals surface area (Å²) in [5, 5.41) is 8.88. The molecule has 9 heteroatoms. The monoisotopic (exact) mass is 471 g/mol. The number of hydrogen-bond acceptors (Lipinski definition) is 7. The van der Waals surface area contributed by atoms with Gasteiger partial charge in [-0.3, -0.25) is 4.68 Å². The van der Waals surface area contributed by atoms with Crippen molar-refractivity contribution >= 4 is 35.2 Å². The number of likely N-dealkylation sites (tertiary alicyclic amines) is 1. The summed E-state index contributed by atoms with van der Waals surface area (Å²) in [5.41, 5.74) is 1.95. The van der Waals surface area contributed by atoms with Crippen LogP contribution in [0.5, 0.6) is 5.75 Å². The minimum Gasteiger partial charge on any atom is -0.496 e. The molecule has 0 radical (unpaired) electrons. The zero-order chi connectivity index (χ0) is 21.9. The highest BCUT2D eigenvalue weighted by Gasteiger charge is 2.27. The first-order valence-corrected chi connectivity index (χ1v) is 11.8. The number of anilines is 2. The van der Waals surface area contributed by atoms with Crippen molar-refractivity contribution in [2.75, 3.05) is 43.5 Å². The van der Waals surface area contributed by atoms with E-state index in [0.717, 1.165) is 47.2 Å². The molecule has 0 spiro atoms. The highest BCUT2D eigenvalue weighted by molar-refractivity contribution is 5.87. The Morgan fingerprint density at radius 3 is 2.55 bits per heavy atom. The summed E-state index contributed by atoms with van der Waals surface area (Å²) in [5.74, 6) is 2.49. The van der Waals surface area contributed by atoms with Crippen molar-refractivity contribution in [1.29, 1.82) is 0 Å². The summed E-state index contributed by atoms with van der Waals surface area (Å²) < 4.78 is 7.33. The standard InChI is InChI=1S/C24H33N7O.ClH/c1-29-23-20(17-26-29)22(25-16-18-8-4-5-9-21(18)32-2)27-24(28-23)31-14-10-19(11-15-31)30-12-6-3-7-13-30;/h4-5,8-9,17,19H,3,6-7,10-16H2,1-2H3,(H,25,27,28);1H. The molecule has 33 heavy (non-hydrogen) atoms. The maximum absolute atomic E-state index is 5.50. The van der Waals surface area contributed by atoms with Crippen molar-refractivity contribution in [3.63, 3.8) is 0 Å². The first-order chi connectivity index (χ1) is 15.7. The molecular formula is C24H34ClN7O. The maximum Gasteiger partial charge on any atom is 0.229 e. The van der Waals surface area contributed by atoms with Crippen molar-refractivity contribution in [3.05, 3.63) is 36.0 Å². The van der Waals surface area contributed by atoms with E-state index in [4.69, 9.17) is 14.7 Å². The Balaban J connectivity index is 0.00000259. The predicted molar refractivity (Wildman–Crippen MR) is 135 cm³/mol. The zero-order valence-electron chi connectivity index (χ0n) is 19.5. The van der Waals surface area contributed by atoms with Crippen LogP contribution in [0.4, 0.5) is 11.8 Å². The summed E-state index contributed by atoms with van der Waals surface area (Å²) >= 11 is 0. The molecule has 178 valence electrons. The Morgan fingerprint density at radius 1 is 1.03 bits per heavy atom. The van der Waals surface area contributed by atoms with Gasteiger partial charge in [0.1, 0.15) is 11.6 Å². The summed E-state index contributed by atoms with van der Waals surface area (Å²) in [6.07, 6.45) is 8.28. The van der Waals surface area contributed by atoms with Gasteiger partial charge in [-0.25, -0.2) is 0 Å². The van der Waals surface area contributed by atoms with Gasteiger partial charge in [-0.2, -0.15) is 15.1 Å². The number of methoxy groups -OCH3 is 1. The Bertz CT molecular complexity index is 1060. The van der Waals surface area contributed by atoms with E-state index in [1.807, 2.05) is 36.1 Å². The first kappa shape index (κ1) is 23.6. The number of rotatable bonds is 6. The molecule has 1 N–H and O–H groups in total. The fourth-order valence-electron chi connectivity index (χ4n) is 5.03. The molecule has 8 nitrogen and oxygen atoms in total. The lowest BCUT2D eigenvalue weighted by Gasteiger charge is -2.40. The number of nitrogens with one attached hydrogen (secondary N) is 1. The number of hydrogen-bond donors (Lipinski definition) is 1. The lowest BCUT2D eigenvalue weighted by Crippen LogP contribution is -2.47. The summed E-state index contributed by atoms with van der Waals surface area (Å²) in [6, 6.07) is 8.76. The van der Waals surface area contributed by atoms with Gasteiger partial charge >= 0.3 is 0 Å². The van der Waals surface area contributed by atoms with Gasteiger partial charge in [0.15, 0.2) is 5.65 Å². The molecule has 4 heterocycles. The van der Waals surface area contributed by atoms with Crippen LogP contribution in [0.25, 0.3) is 11.0 Å². The van der Waals surface area contributed by atoms with E-state index in [2.05, 4.69) is 26.3 Å². The highest BCUT2D eigenvalue weighted by atomic mass is 35.5. The highest BCUT2D eigenvalue weighted by Crippen LogP contribution is 2.28. The Labute approximate surface area is 201 Å². The van der Waals surface area contributed by atoms with Gasteiger partial charge in [-0.05, 0) is 44.8 Å². The molecule has 0 bridgehead atoms. The van der Waals surface area contributed by atoms with Gasteiger partial charge < -0.3 is 19.9 Å². The third-order valence-electron chi connectivity index (χ3n) is 6.87. The Morgan fingerprint density at radius 2 is 1.79 bits per heavy atom. The minimum atomic E-state index is 0. The van der Waals surface area contributed by atoms with E-state index in [1.54, 1.807) is 7.11 Å². The van der Waals surface area contributed by atoms with Gasteiger partial charge in [-0.15, -0.1) is 12.4 Å². The summed E-state index contributed by atoms with van der Waals surface area (Å²) in [4.78, 5) is 14.9. The van der Waals surface area contributed by atoms with Crippen LogP contribution < -0.4 is 15.0 Å². The lowest BCUT2D eigenvalue weighted by atomic mass is 10.0. The molecule has 2 saturated heterocycles. The number of piperidine rings is 2. The third-order valence-corrected chi connectivity index (χ3v) is 6.87. The topological polar surface area (TPSA) is 71.3 Å². The van der Waals surface area contributed by atoms with Gasteiger partial charge in [0.2, 0.25) is 5.95 Å². The van der Waals surface area contributed by atoms with Crippen LogP contribution in [0.15, 0.2) is 30.5 Å². The fourth-order valence-corrected chi connectivity index (χ4v) is 5.03. The number of benzene rings is 1. The van der Waals surface area contributed by atoms with Crippen molar-refractivity contribution < 1.29 is 4.74 Å². The zero-order valence-corrected chi connectivity index (χ0v) is 20.4. The molecule has 2 aromatic heterocycles. The number of para-hydroxylation sites is 1. The molecule has 0 unspecified atom stereocenters. The third kappa shape index (κ3) is 5.01. The molecule has 2 aliphatic rings. The fraction of sp³-hybridized carbons (Fsp3) is 0.542. The maximum atomic E-state index is 5.50. The molecule has 0 saturated carbocycles. The van der Waals surface area contributed by atoms with Crippen molar-refractivity contribution in [1.82, 2.24) is 24.6 Å². The van der Waals surface area contributed by atoms with E-state index >= 15 is 0 Å². The van der Waals surface area contributed by atoms with Gasteiger partial charge in [-0.1, -0.05) is 24.6 Å². The van der Waals surface area contributed by atoms with Crippen molar-refractivity contribution in [2.45, 2.75) is 44.7 Å². The van der Waals surface area contributed by atoms with Gasteiger partial charge in [0.05, 0.1) is 18.7 Å². The smallest absolute Gasteiger partial charge is 0.229 e. The van der Waals surface area contributed by atoms with Gasteiger partial charge in [0.25, 0.3) is 0 Å². The average Bonchev–Trinajstić information content (AvgIpc) is 3.24. The molecule has 0 aliphatic carbocycles. The van der Waals surface area contributed by atoms with Crippen molar-refractivity contribution in [3.8, 4) is 5.75 Å². The second-order valence-electron chi connectivity index (χ2n) is 8.86. The molecule has 3 aromatic rings. The summed E-state index contributed by atoms with van der Waals surface area (Å²) in [6.45, 7) is 5.15. The van der Waals surface area contributed by atoms with Crippen molar-refractivity contribution in [2.24, 2.45) is 7.05 Å². The lowest BCUT2D eigenvalue weighted by molar-refractivity contribution is 0.141. The van der Waals surface area contributed by atoms with E-state index in [-0.39, 0.29) is 12.4 Å². The van der Waals surface area contributed by atoms with E-state index in [9.17, 15) is 0 Å². The second kappa shape index (κ2) is 10.6. The number of nitrogens with zero attached hydrogens (tertiary/aromatic N) is 6. The molecule has 1 aromatic carbocycles. The molecule has 2 fully saturated rings. The van der Waals surface area contributed by atoms with Crippen LogP contribution in [0.1, 0.15) is 37.7 Å². The van der Waals surface area contributed by atoms with Crippen LogP contribution in [-0.2, 0) is 13.6 Å². The van der Waals surface area contributed by atoms with Crippen LogP contribution in [0.2, 0.25) is 0 Å². The SMILES string of the molecule is COc1ccccc1CNc1nc(N2CCC(N3CCCCC3)CC2)nc2c1cnn2C.Cl. The predicted octanol–water partition coefficient (Wildman–Crippen LogP) is 3.86. The van der Waals surface area contributed by atoms with Crippen LogP contribution >= 0.6 is 12.4 Å². The number of aryl methyl sites for hydroxylation is 1.